The fourth-order valence-electron chi connectivity index (χ4n) is 1.90. The number of hydrogen-bond acceptors (Lipinski definition) is 3. The van der Waals surface area contributed by atoms with Crippen molar-refractivity contribution in [2.45, 2.75) is 19.9 Å². The zero-order valence-corrected chi connectivity index (χ0v) is 16.3. The molecule has 0 bridgehead atoms. The molecule has 1 atom stereocenters. The molecule has 0 saturated heterocycles. The first-order valence-electron chi connectivity index (χ1n) is 7.42. The van der Waals surface area contributed by atoms with Gasteiger partial charge in [-0.2, -0.15) is 0 Å². The minimum atomic E-state index is 0. The number of hydrogen-bond donors (Lipinski definition) is 3. The molecule has 0 heterocycles. The molecule has 1 aromatic carbocycles. The second kappa shape index (κ2) is 12.5. The Morgan fingerprint density at radius 3 is 2.41 bits per heavy atom. The van der Waals surface area contributed by atoms with Crippen molar-refractivity contribution < 1.29 is 4.74 Å². The summed E-state index contributed by atoms with van der Waals surface area (Å²) in [7, 11) is 3.47. The van der Waals surface area contributed by atoms with Gasteiger partial charge in [0.15, 0.2) is 5.96 Å². The van der Waals surface area contributed by atoms with Gasteiger partial charge in [0.05, 0.1) is 6.61 Å². The Balaban J connectivity index is 0.00000441. The highest BCUT2D eigenvalue weighted by molar-refractivity contribution is 14.0. The number of rotatable bonds is 8. The maximum Gasteiger partial charge on any atom is 0.191 e. The van der Waals surface area contributed by atoms with Crippen LogP contribution in [0.5, 0.6) is 0 Å². The summed E-state index contributed by atoms with van der Waals surface area (Å²) in [5.41, 5.74) is 1.14. The molecule has 1 unspecified atom stereocenters. The molecule has 0 amide bonds. The van der Waals surface area contributed by atoms with Crippen LogP contribution in [0.15, 0.2) is 35.3 Å². The van der Waals surface area contributed by atoms with Crippen molar-refractivity contribution in [3.05, 3.63) is 30.3 Å². The second-order valence-electron chi connectivity index (χ2n) is 5.23. The standard InChI is InChI=1S/C16H28N4O.HI/c1-13(2)15(20-14-8-6-5-7-9-14)12-19-16(17-3)18-10-11-21-4;/h5-9,13,15,20H,10-12H2,1-4H3,(H2,17,18,19);1H. The highest BCUT2D eigenvalue weighted by atomic mass is 127. The van der Waals surface area contributed by atoms with E-state index in [0.717, 1.165) is 24.7 Å². The minimum absolute atomic E-state index is 0. The van der Waals surface area contributed by atoms with E-state index in [-0.39, 0.29) is 24.0 Å². The molecule has 5 nitrogen and oxygen atoms in total. The summed E-state index contributed by atoms with van der Waals surface area (Å²) in [6.07, 6.45) is 0. The number of nitrogens with one attached hydrogen (secondary N) is 3. The lowest BCUT2D eigenvalue weighted by Gasteiger charge is -2.25. The van der Waals surface area contributed by atoms with Crippen LogP contribution < -0.4 is 16.0 Å². The summed E-state index contributed by atoms with van der Waals surface area (Å²) in [4.78, 5) is 4.21. The largest absolute Gasteiger partial charge is 0.383 e. The fraction of sp³-hybridized carbons (Fsp3) is 0.562. The van der Waals surface area contributed by atoms with Gasteiger partial charge in [-0.15, -0.1) is 24.0 Å². The van der Waals surface area contributed by atoms with Gasteiger partial charge in [-0.1, -0.05) is 32.0 Å². The van der Waals surface area contributed by atoms with Crippen molar-refractivity contribution in [2.24, 2.45) is 10.9 Å². The molecule has 1 rings (SSSR count). The number of nitrogens with zero attached hydrogens (tertiary/aromatic N) is 1. The zero-order valence-electron chi connectivity index (χ0n) is 13.9. The molecular formula is C16H29IN4O. The maximum absolute atomic E-state index is 5.02. The number of aliphatic imine (C=N–C) groups is 1. The Bertz CT molecular complexity index is 412. The average Bonchev–Trinajstić information content (AvgIpc) is 2.50. The van der Waals surface area contributed by atoms with Crippen molar-refractivity contribution in [3.8, 4) is 0 Å². The Morgan fingerprint density at radius 2 is 1.86 bits per heavy atom. The molecule has 3 N–H and O–H groups in total. The Morgan fingerprint density at radius 1 is 1.18 bits per heavy atom. The van der Waals surface area contributed by atoms with E-state index in [0.29, 0.717) is 18.6 Å². The topological polar surface area (TPSA) is 57.7 Å². The van der Waals surface area contributed by atoms with Crippen molar-refractivity contribution in [2.75, 3.05) is 39.2 Å². The fourth-order valence-corrected chi connectivity index (χ4v) is 1.90. The van der Waals surface area contributed by atoms with Crippen LogP contribution >= 0.6 is 24.0 Å². The molecule has 0 spiro atoms. The van der Waals surface area contributed by atoms with Crippen LogP contribution in [-0.2, 0) is 4.74 Å². The van der Waals surface area contributed by atoms with Gasteiger partial charge in [0.1, 0.15) is 0 Å². The van der Waals surface area contributed by atoms with E-state index >= 15 is 0 Å². The molecule has 0 aromatic heterocycles. The monoisotopic (exact) mass is 420 g/mol. The highest BCUT2D eigenvalue weighted by Crippen LogP contribution is 2.11. The third kappa shape index (κ3) is 8.43. The number of methoxy groups -OCH3 is 1. The lowest BCUT2D eigenvalue weighted by Crippen LogP contribution is -2.45. The number of benzene rings is 1. The first kappa shape index (κ1) is 21.0. The number of halogens is 1. The van der Waals surface area contributed by atoms with E-state index in [1.54, 1.807) is 14.2 Å². The lowest BCUT2D eigenvalue weighted by atomic mass is 10.0. The second-order valence-corrected chi connectivity index (χ2v) is 5.23. The molecule has 0 radical (unpaired) electrons. The SMILES string of the molecule is CN=C(NCCOC)NCC(Nc1ccccc1)C(C)C.I. The lowest BCUT2D eigenvalue weighted by molar-refractivity contribution is 0.203. The van der Waals surface area contributed by atoms with E-state index in [4.69, 9.17) is 4.74 Å². The molecule has 0 aliphatic rings. The molecule has 0 fully saturated rings. The van der Waals surface area contributed by atoms with Crippen LogP contribution in [0, 0.1) is 5.92 Å². The van der Waals surface area contributed by atoms with Gasteiger partial charge < -0.3 is 20.7 Å². The van der Waals surface area contributed by atoms with Gasteiger partial charge in [-0.3, -0.25) is 4.99 Å². The third-order valence-electron chi connectivity index (χ3n) is 3.24. The summed E-state index contributed by atoms with van der Waals surface area (Å²) in [6.45, 7) is 6.64. The van der Waals surface area contributed by atoms with Gasteiger partial charge in [0.2, 0.25) is 0 Å². The molecule has 22 heavy (non-hydrogen) atoms. The predicted octanol–water partition coefficient (Wildman–Crippen LogP) is 2.55. The molecule has 0 aliphatic carbocycles. The predicted molar refractivity (Wildman–Crippen MR) is 105 cm³/mol. The van der Waals surface area contributed by atoms with Crippen LogP contribution in [0.3, 0.4) is 0 Å². The summed E-state index contributed by atoms with van der Waals surface area (Å²) in [5, 5.41) is 10.1. The van der Waals surface area contributed by atoms with Gasteiger partial charge in [0, 0.05) is 39.0 Å². The smallest absolute Gasteiger partial charge is 0.191 e. The summed E-state index contributed by atoms with van der Waals surface area (Å²) < 4.78 is 5.02. The number of anilines is 1. The van der Waals surface area contributed by atoms with Gasteiger partial charge in [0.25, 0.3) is 0 Å². The average molecular weight is 420 g/mol. The van der Waals surface area contributed by atoms with Crippen LogP contribution in [0.2, 0.25) is 0 Å². The van der Waals surface area contributed by atoms with E-state index in [2.05, 4.69) is 46.9 Å². The van der Waals surface area contributed by atoms with E-state index < -0.39 is 0 Å². The molecule has 126 valence electrons. The van der Waals surface area contributed by atoms with Crippen LogP contribution in [-0.4, -0.2) is 45.9 Å². The van der Waals surface area contributed by atoms with Crippen LogP contribution in [0.25, 0.3) is 0 Å². The quantitative estimate of drug-likeness (QED) is 0.262. The minimum Gasteiger partial charge on any atom is -0.383 e. The first-order chi connectivity index (χ1) is 10.2. The van der Waals surface area contributed by atoms with E-state index in [9.17, 15) is 0 Å². The summed E-state index contributed by atoms with van der Waals surface area (Å²) in [6, 6.07) is 10.6. The van der Waals surface area contributed by atoms with Crippen LogP contribution in [0.1, 0.15) is 13.8 Å². The van der Waals surface area contributed by atoms with Crippen molar-refractivity contribution >= 4 is 35.6 Å². The summed E-state index contributed by atoms with van der Waals surface area (Å²) in [5.74, 6) is 1.31. The normalized spacial score (nSPS) is 12.5. The Hall–Kier alpha value is -1.02. The molecule has 6 heteroatoms. The van der Waals surface area contributed by atoms with Crippen LogP contribution in [0.4, 0.5) is 5.69 Å². The number of para-hydroxylation sites is 1. The highest BCUT2D eigenvalue weighted by Gasteiger charge is 2.13. The van der Waals surface area contributed by atoms with Crippen molar-refractivity contribution in [3.63, 3.8) is 0 Å². The Kier molecular flexibility index (Phi) is 11.9. The number of ether oxygens (including phenoxy) is 1. The molecule has 0 saturated carbocycles. The van der Waals surface area contributed by atoms with Crippen molar-refractivity contribution in [1.29, 1.82) is 0 Å². The van der Waals surface area contributed by atoms with E-state index in [1.807, 2.05) is 18.2 Å². The van der Waals surface area contributed by atoms with Gasteiger partial charge in [-0.05, 0) is 18.1 Å². The number of guanidine groups is 1. The van der Waals surface area contributed by atoms with Gasteiger partial charge >= 0.3 is 0 Å². The zero-order chi connectivity index (χ0) is 15.5. The summed E-state index contributed by atoms with van der Waals surface area (Å²) >= 11 is 0. The van der Waals surface area contributed by atoms with E-state index in [1.165, 1.54) is 0 Å². The van der Waals surface area contributed by atoms with Crippen molar-refractivity contribution in [1.82, 2.24) is 10.6 Å². The molecule has 1 aromatic rings. The third-order valence-corrected chi connectivity index (χ3v) is 3.24. The maximum atomic E-state index is 5.02. The van der Waals surface area contributed by atoms with Gasteiger partial charge in [-0.25, -0.2) is 0 Å². The Labute approximate surface area is 151 Å². The molecular weight excluding hydrogens is 391 g/mol. The first-order valence-corrected chi connectivity index (χ1v) is 7.42. The molecule has 0 aliphatic heterocycles.